The number of ether oxygens (including phenoxy) is 1. The van der Waals surface area contributed by atoms with Crippen molar-refractivity contribution in [2.75, 3.05) is 24.3 Å². The number of nitrogens with two attached hydrogens (primary N) is 1. The highest BCUT2D eigenvalue weighted by Gasteiger charge is 2.26. The van der Waals surface area contributed by atoms with Crippen LogP contribution in [0.3, 0.4) is 0 Å². The normalized spacial score (nSPS) is 11.4. The molecule has 0 aliphatic carbocycles. The summed E-state index contributed by atoms with van der Waals surface area (Å²) in [6.07, 6.45) is -5.34. The van der Waals surface area contributed by atoms with Gasteiger partial charge in [0.05, 0.1) is 13.0 Å². The molecular weight excluding hydrogens is 261 g/mol. The van der Waals surface area contributed by atoms with E-state index in [4.69, 9.17) is 5.73 Å². The predicted molar refractivity (Wildman–Crippen MR) is 65.7 cm³/mol. The van der Waals surface area contributed by atoms with Gasteiger partial charge in [0.25, 0.3) is 0 Å². The summed E-state index contributed by atoms with van der Waals surface area (Å²) in [5, 5.41) is 2.53. The Kier molecular flexibility index (Phi) is 5.17. The molecule has 1 rings (SSSR count). The first-order valence-corrected chi connectivity index (χ1v) is 5.58. The Balaban J connectivity index is 2.35. The molecule has 0 atom stereocenters. The van der Waals surface area contributed by atoms with Gasteiger partial charge in [0.2, 0.25) is 5.91 Å². The summed E-state index contributed by atoms with van der Waals surface area (Å²) in [4.78, 5) is 11.4. The van der Waals surface area contributed by atoms with E-state index in [1.165, 1.54) is 0 Å². The number of benzene rings is 1. The fraction of sp³-hybridized carbons (Fsp3) is 0.417. The van der Waals surface area contributed by atoms with Crippen molar-refractivity contribution in [3.05, 3.63) is 23.8 Å². The minimum absolute atomic E-state index is 0.417. The molecule has 4 nitrogen and oxygen atoms in total. The van der Waals surface area contributed by atoms with Crippen molar-refractivity contribution in [1.82, 2.24) is 0 Å². The number of nitrogen functional groups attached to an aromatic ring is 1. The first-order chi connectivity index (χ1) is 8.78. The number of carbonyl (C=O) groups is 1. The van der Waals surface area contributed by atoms with Crippen molar-refractivity contribution >= 4 is 17.3 Å². The topological polar surface area (TPSA) is 64.3 Å². The van der Waals surface area contributed by atoms with E-state index in [1.807, 2.05) is 0 Å². The monoisotopic (exact) mass is 276 g/mol. The van der Waals surface area contributed by atoms with Crippen molar-refractivity contribution in [1.29, 1.82) is 0 Å². The number of amides is 1. The number of hydrogen-bond acceptors (Lipinski definition) is 3. The molecule has 0 bridgehead atoms. The molecule has 0 aliphatic rings. The van der Waals surface area contributed by atoms with Gasteiger partial charge in [0, 0.05) is 11.4 Å². The van der Waals surface area contributed by atoms with Crippen LogP contribution in [-0.2, 0) is 9.53 Å². The summed E-state index contributed by atoms with van der Waals surface area (Å²) in [5.41, 5.74) is 7.44. The zero-order chi connectivity index (χ0) is 14.5. The lowest BCUT2D eigenvalue weighted by molar-refractivity contribution is -0.147. The van der Waals surface area contributed by atoms with Gasteiger partial charge in [-0.3, -0.25) is 4.79 Å². The average molecular weight is 276 g/mol. The third kappa shape index (κ3) is 6.10. The summed E-state index contributed by atoms with van der Waals surface area (Å²) in [6, 6.07) is 4.92. The molecule has 0 aromatic heterocycles. The Morgan fingerprint density at radius 2 is 2.11 bits per heavy atom. The molecule has 1 aromatic rings. The third-order valence-electron chi connectivity index (χ3n) is 2.29. The number of carbonyl (C=O) groups excluding carboxylic acids is 1. The van der Waals surface area contributed by atoms with Crippen molar-refractivity contribution in [3.8, 4) is 0 Å². The van der Waals surface area contributed by atoms with Gasteiger partial charge in [-0.05, 0) is 30.7 Å². The van der Waals surface area contributed by atoms with E-state index in [0.717, 1.165) is 5.56 Å². The van der Waals surface area contributed by atoms with Gasteiger partial charge < -0.3 is 15.8 Å². The van der Waals surface area contributed by atoms with Crippen LogP contribution in [0.1, 0.15) is 12.0 Å². The molecular formula is C12H15F3N2O2. The first kappa shape index (κ1) is 15.3. The average Bonchev–Trinajstić information content (AvgIpc) is 2.27. The maximum absolute atomic E-state index is 11.8. The van der Waals surface area contributed by atoms with Gasteiger partial charge in [-0.25, -0.2) is 0 Å². The summed E-state index contributed by atoms with van der Waals surface area (Å²) in [6.45, 7) is 0.814. The quantitative estimate of drug-likeness (QED) is 0.641. The molecule has 0 radical (unpaired) electrons. The van der Waals surface area contributed by atoms with Crippen LogP contribution in [0.15, 0.2) is 18.2 Å². The van der Waals surface area contributed by atoms with E-state index in [-0.39, 0.29) is 0 Å². The molecule has 0 unspecified atom stereocenters. The van der Waals surface area contributed by atoms with Crippen LogP contribution >= 0.6 is 0 Å². The molecule has 19 heavy (non-hydrogen) atoms. The summed E-state index contributed by atoms with van der Waals surface area (Å²) in [5.74, 6) is -0.505. The summed E-state index contributed by atoms with van der Waals surface area (Å²) in [7, 11) is 0. The Morgan fingerprint density at radius 1 is 1.42 bits per heavy atom. The molecule has 0 saturated heterocycles. The maximum atomic E-state index is 11.8. The van der Waals surface area contributed by atoms with E-state index in [2.05, 4.69) is 10.1 Å². The fourth-order valence-electron chi connectivity index (χ4n) is 1.37. The SMILES string of the molecule is Cc1cc(N)ccc1NC(=O)COCCC(F)(F)F. The number of halogens is 3. The molecule has 7 heteroatoms. The molecule has 1 amide bonds. The lowest BCUT2D eigenvalue weighted by atomic mass is 10.2. The number of rotatable bonds is 5. The van der Waals surface area contributed by atoms with E-state index in [1.54, 1.807) is 25.1 Å². The van der Waals surface area contributed by atoms with Crippen molar-refractivity contribution in [2.24, 2.45) is 0 Å². The van der Waals surface area contributed by atoms with Gasteiger partial charge in [-0.2, -0.15) is 13.2 Å². The standard InChI is InChI=1S/C12H15F3N2O2/c1-8-6-9(16)2-3-10(8)17-11(18)7-19-5-4-12(13,14)15/h2-3,6H,4-5,7,16H2,1H3,(H,17,18). The largest absolute Gasteiger partial charge is 0.399 e. The minimum Gasteiger partial charge on any atom is -0.399 e. The second-order valence-electron chi connectivity index (χ2n) is 4.04. The molecule has 0 heterocycles. The molecule has 0 aliphatic heterocycles. The van der Waals surface area contributed by atoms with E-state index >= 15 is 0 Å². The van der Waals surface area contributed by atoms with Gasteiger partial charge in [0.15, 0.2) is 0 Å². The second-order valence-corrected chi connectivity index (χ2v) is 4.04. The molecule has 0 saturated carbocycles. The second kappa shape index (κ2) is 6.42. The number of hydrogen-bond donors (Lipinski definition) is 2. The van der Waals surface area contributed by atoms with E-state index in [9.17, 15) is 18.0 Å². The fourth-order valence-corrected chi connectivity index (χ4v) is 1.37. The van der Waals surface area contributed by atoms with Crippen molar-refractivity contribution < 1.29 is 22.7 Å². The van der Waals surface area contributed by atoms with Gasteiger partial charge in [-0.15, -0.1) is 0 Å². The van der Waals surface area contributed by atoms with Crippen LogP contribution in [0.5, 0.6) is 0 Å². The van der Waals surface area contributed by atoms with Gasteiger partial charge >= 0.3 is 6.18 Å². The van der Waals surface area contributed by atoms with E-state index in [0.29, 0.717) is 11.4 Å². The summed E-state index contributed by atoms with van der Waals surface area (Å²) < 4.78 is 40.1. The lowest BCUT2D eigenvalue weighted by Crippen LogP contribution is -2.21. The number of aryl methyl sites for hydroxylation is 1. The van der Waals surface area contributed by atoms with Crippen LogP contribution < -0.4 is 11.1 Å². The maximum Gasteiger partial charge on any atom is 0.391 e. The van der Waals surface area contributed by atoms with Crippen LogP contribution in [0.4, 0.5) is 24.5 Å². The Hall–Kier alpha value is -1.76. The number of alkyl halides is 3. The zero-order valence-corrected chi connectivity index (χ0v) is 10.4. The Morgan fingerprint density at radius 3 is 2.68 bits per heavy atom. The van der Waals surface area contributed by atoms with Crippen molar-refractivity contribution in [3.63, 3.8) is 0 Å². The van der Waals surface area contributed by atoms with Crippen molar-refractivity contribution in [2.45, 2.75) is 19.5 Å². The van der Waals surface area contributed by atoms with Crippen LogP contribution in [-0.4, -0.2) is 25.3 Å². The number of anilines is 2. The minimum atomic E-state index is -4.27. The highest BCUT2D eigenvalue weighted by Crippen LogP contribution is 2.19. The highest BCUT2D eigenvalue weighted by atomic mass is 19.4. The molecule has 0 spiro atoms. The molecule has 3 N–H and O–H groups in total. The third-order valence-corrected chi connectivity index (χ3v) is 2.29. The van der Waals surface area contributed by atoms with Crippen LogP contribution in [0, 0.1) is 6.92 Å². The summed E-state index contributed by atoms with van der Waals surface area (Å²) >= 11 is 0. The van der Waals surface area contributed by atoms with Gasteiger partial charge in [0.1, 0.15) is 6.61 Å². The molecule has 1 aromatic carbocycles. The first-order valence-electron chi connectivity index (χ1n) is 5.58. The number of nitrogens with one attached hydrogen (secondary N) is 1. The zero-order valence-electron chi connectivity index (χ0n) is 10.4. The van der Waals surface area contributed by atoms with E-state index < -0.39 is 31.7 Å². The smallest absolute Gasteiger partial charge is 0.391 e. The van der Waals surface area contributed by atoms with Crippen LogP contribution in [0.25, 0.3) is 0 Å². The van der Waals surface area contributed by atoms with Crippen LogP contribution in [0.2, 0.25) is 0 Å². The molecule has 0 fully saturated rings. The Labute approximate surface area is 108 Å². The van der Waals surface area contributed by atoms with Gasteiger partial charge in [-0.1, -0.05) is 0 Å². The lowest BCUT2D eigenvalue weighted by Gasteiger charge is -2.10. The highest BCUT2D eigenvalue weighted by molar-refractivity contribution is 5.92. The predicted octanol–water partition coefficient (Wildman–Crippen LogP) is 2.48. The Bertz CT molecular complexity index is 447. The molecule has 106 valence electrons.